The van der Waals surface area contributed by atoms with Crippen molar-refractivity contribution < 1.29 is 9.63 Å². The normalized spacial score (nSPS) is 32.4. The summed E-state index contributed by atoms with van der Waals surface area (Å²) in [5.74, 6) is 1.99. The van der Waals surface area contributed by atoms with Crippen LogP contribution in [-0.2, 0) is 0 Å². The Morgan fingerprint density at radius 1 is 1.43 bits per heavy atom. The van der Waals surface area contributed by atoms with Crippen molar-refractivity contribution in [1.82, 2.24) is 15.5 Å². The molecule has 1 saturated carbocycles. The van der Waals surface area contributed by atoms with Gasteiger partial charge in [-0.2, -0.15) is 4.98 Å². The molecular weight excluding hydrogens is 182 g/mol. The Morgan fingerprint density at radius 3 is 2.93 bits per heavy atom. The molecule has 3 rings (SSSR count). The zero-order valence-electron chi connectivity index (χ0n) is 7.81. The van der Waals surface area contributed by atoms with E-state index in [-0.39, 0.29) is 12.1 Å². The maximum atomic E-state index is 9.34. The van der Waals surface area contributed by atoms with Gasteiger partial charge in [0, 0.05) is 12.5 Å². The number of hydrogen-bond acceptors (Lipinski definition) is 5. The molecule has 1 aromatic rings. The summed E-state index contributed by atoms with van der Waals surface area (Å²) in [5.41, 5.74) is 0. The van der Waals surface area contributed by atoms with Crippen molar-refractivity contribution in [3.8, 4) is 0 Å². The van der Waals surface area contributed by atoms with E-state index in [9.17, 15) is 5.11 Å². The number of aromatic nitrogens is 2. The van der Waals surface area contributed by atoms with Crippen molar-refractivity contribution >= 4 is 0 Å². The lowest BCUT2D eigenvalue weighted by Gasteiger charge is -2.01. The highest BCUT2D eigenvalue weighted by molar-refractivity contribution is 5.06. The summed E-state index contributed by atoms with van der Waals surface area (Å²) in [6.45, 7) is 0.617. The Hall–Kier alpha value is -0.940. The van der Waals surface area contributed by atoms with Crippen LogP contribution in [0.25, 0.3) is 0 Å². The van der Waals surface area contributed by atoms with Gasteiger partial charge >= 0.3 is 0 Å². The zero-order valence-corrected chi connectivity index (χ0v) is 7.81. The van der Waals surface area contributed by atoms with Crippen LogP contribution in [0.5, 0.6) is 0 Å². The Morgan fingerprint density at radius 2 is 2.29 bits per heavy atom. The first-order valence-corrected chi connectivity index (χ1v) is 5.08. The van der Waals surface area contributed by atoms with Crippen LogP contribution in [0, 0.1) is 0 Å². The fourth-order valence-corrected chi connectivity index (χ4v) is 1.80. The average Bonchev–Trinajstić information content (AvgIpc) is 2.76. The van der Waals surface area contributed by atoms with Crippen molar-refractivity contribution in [3.05, 3.63) is 11.7 Å². The molecule has 2 heterocycles. The molecule has 1 unspecified atom stereocenters. The fraction of sp³-hybridized carbons (Fsp3) is 0.778. The first-order chi connectivity index (χ1) is 6.83. The molecule has 14 heavy (non-hydrogen) atoms. The predicted molar refractivity (Wildman–Crippen MR) is 47.6 cm³/mol. The van der Waals surface area contributed by atoms with E-state index >= 15 is 0 Å². The van der Waals surface area contributed by atoms with Crippen molar-refractivity contribution in [1.29, 1.82) is 0 Å². The van der Waals surface area contributed by atoms with Gasteiger partial charge in [-0.05, 0) is 19.3 Å². The van der Waals surface area contributed by atoms with E-state index in [1.807, 2.05) is 0 Å². The van der Waals surface area contributed by atoms with Gasteiger partial charge < -0.3 is 14.9 Å². The molecule has 5 nitrogen and oxygen atoms in total. The molecule has 2 fully saturated rings. The van der Waals surface area contributed by atoms with E-state index in [2.05, 4.69) is 15.5 Å². The summed E-state index contributed by atoms with van der Waals surface area (Å²) in [6, 6.07) is 0.0463. The molecule has 5 heteroatoms. The number of nitrogens with one attached hydrogen (secondary N) is 1. The molecule has 0 spiro atoms. The first-order valence-electron chi connectivity index (χ1n) is 5.08. The lowest BCUT2D eigenvalue weighted by molar-refractivity contribution is 0.191. The lowest BCUT2D eigenvalue weighted by atomic mass is 10.2. The third-order valence-corrected chi connectivity index (χ3v) is 2.81. The second-order valence-corrected chi connectivity index (χ2v) is 4.12. The van der Waals surface area contributed by atoms with Crippen molar-refractivity contribution in [2.75, 3.05) is 6.54 Å². The molecule has 0 bridgehead atoms. The van der Waals surface area contributed by atoms with Crippen molar-refractivity contribution in [2.24, 2.45) is 0 Å². The van der Waals surface area contributed by atoms with Crippen LogP contribution >= 0.6 is 0 Å². The standard InChI is InChI=1S/C9H13N3O2/c13-6-3-7(10-4-6)9-11-8(12-14-9)5-1-2-5/h5-7,10,13H,1-4H2/t6?,7-/m0/s1. The van der Waals surface area contributed by atoms with Gasteiger partial charge in [0.25, 0.3) is 0 Å². The van der Waals surface area contributed by atoms with Crippen molar-refractivity contribution in [2.45, 2.75) is 37.3 Å². The van der Waals surface area contributed by atoms with Gasteiger partial charge in [0.2, 0.25) is 5.89 Å². The summed E-state index contributed by atoms with van der Waals surface area (Å²) in [5, 5.41) is 16.4. The third kappa shape index (κ3) is 1.42. The molecule has 1 aliphatic heterocycles. The highest BCUT2D eigenvalue weighted by Crippen LogP contribution is 2.38. The molecular formula is C9H13N3O2. The molecule has 76 valence electrons. The van der Waals surface area contributed by atoms with Crippen LogP contribution in [0.1, 0.15) is 42.9 Å². The minimum absolute atomic E-state index is 0.0463. The second-order valence-electron chi connectivity index (χ2n) is 4.12. The Labute approximate surface area is 81.5 Å². The van der Waals surface area contributed by atoms with E-state index in [0.717, 1.165) is 5.82 Å². The number of hydrogen-bond donors (Lipinski definition) is 2. The molecule has 0 radical (unpaired) electrons. The largest absolute Gasteiger partial charge is 0.392 e. The molecule has 2 aliphatic rings. The van der Waals surface area contributed by atoms with Gasteiger partial charge in [-0.15, -0.1) is 0 Å². The monoisotopic (exact) mass is 195 g/mol. The topological polar surface area (TPSA) is 71.2 Å². The molecule has 2 atom stereocenters. The quantitative estimate of drug-likeness (QED) is 0.712. The van der Waals surface area contributed by atoms with Gasteiger partial charge in [0.05, 0.1) is 12.1 Å². The summed E-state index contributed by atoms with van der Waals surface area (Å²) in [4.78, 5) is 4.34. The molecule has 0 aromatic carbocycles. The maximum Gasteiger partial charge on any atom is 0.243 e. The van der Waals surface area contributed by atoms with E-state index < -0.39 is 0 Å². The Balaban J connectivity index is 1.75. The van der Waals surface area contributed by atoms with Crippen LogP contribution in [0.3, 0.4) is 0 Å². The van der Waals surface area contributed by atoms with Crippen LogP contribution in [0.2, 0.25) is 0 Å². The van der Waals surface area contributed by atoms with Crippen LogP contribution in [0.4, 0.5) is 0 Å². The summed E-state index contributed by atoms with van der Waals surface area (Å²) in [6.07, 6.45) is 2.75. The van der Waals surface area contributed by atoms with E-state index in [1.54, 1.807) is 0 Å². The van der Waals surface area contributed by atoms with Crippen LogP contribution < -0.4 is 5.32 Å². The summed E-state index contributed by atoms with van der Waals surface area (Å²) >= 11 is 0. The molecule has 1 aromatic heterocycles. The number of aliphatic hydroxyl groups excluding tert-OH is 1. The lowest BCUT2D eigenvalue weighted by Crippen LogP contribution is -2.15. The SMILES string of the molecule is OC1CN[C@H](c2nc(C3CC3)no2)C1. The van der Waals surface area contributed by atoms with E-state index in [4.69, 9.17) is 4.52 Å². The minimum atomic E-state index is -0.281. The fourth-order valence-electron chi connectivity index (χ4n) is 1.80. The van der Waals surface area contributed by atoms with Crippen molar-refractivity contribution in [3.63, 3.8) is 0 Å². The number of aliphatic hydroxyl groups is 1. The molecule has 1 aliphatic carbocycles. The Bertz CT molecular complexity index is 335. The maximum absolute atomic E-state index is 9.34. The van der Waals surface area contributed by atoms with Gasteiger partial charge in [0.15, 0.2) is 5.82 Å². The third-order valence-electron chi connectivity index (χ3n) is 2.81. The highest BCUT2D eigenvalue weighted by Gasteiger charge is 2.32. The van der Waals surface area contributed by atoms with Crippen LogP contribution in [0.15, 0.2) is 4.52 Å². The molecule has 0 amide bonds. The molecule has 1 saturated heterocycles. The number of nitrogens with zero attached hydrogens (tertiary/aromatic N) is 2. The second kappa shape index (κ2) is 3.03. The minimum Gasteiger partial charge on any atom is -0.392 e. The zero-order chi connectivity index (χ0) is 9.54. The Kier molecular flexibility index (Phi) is 1.81. The summed E-state index contributed by atoms with van der Waals surface area (Å²) in [7, 11) is 0. The van der Waals surface area contributed by atoms with Gasteiger partial charge in [0.1, 0.15) is 0 Å². The van der Waals surface area contributed by atoms with E-state index in [1.165, 1.54) is 12.8 Å². The smallest absolute Gasteiger partial charge is 0.243 e. The number of rotatable bonds is 2. The average molecular weight is 195 g/mol. The first kappa shape index (κ1) is 8.38. The molecule has 2 N–H and O–H groups in total. The predicted octanol–water partition coefficient (Wildman–Crippen LogP) is 0.342. The van der Waals surface area contributed by atoms with E-state index in [0.29, 0.717) is 24.8 Å². The van der Waals surface area contributed by atoms with Gasteiger partial charge in [-0.3, -0.25) is 0 Å². The van der Waals surface area contributed by atoms with Gasteiger partial charge in [-0.1, -0.05) is 5.16 Å². The summed E-state index contributed by atoms with van der Waals surface area (Å²) < 4.78 is 5.16. The van der Waals surface area contributed by atoms with Gasteiger partial charge in [-0.25, -0.2) is 0 Å². The van der Waals surface area contributed by atoms with Crippen LogP contribution in [-0.4, -0.2) is 27.9 Å². The highest BCUT2D eigenvalue weighted by atomic mass is 16.5. The number of β-amino-alcohol motifs (C(OH)–C–C–N with tert-alkyl or cyclic N) is 1.